The Kier molecular flexibility index (Phi) is 5.35. The molecule has 98 valence electrons. The van der Waals surface area contributed by atoms with E-state index in [4.69, 9.17) is 4.42 Å². The Morgan fingerprint density at radius 1 is 1.33 bits per heavy atom. The average Bonchev–Trinajstić information content (AvgIpc) is 2.93. The zero-order chi connectivity index (χ0) is 13.0. The van der Waals surface area contributed by atoms with Crippen LogP contribution < -0.4 is 5.32 Å². The Labute approximate surface area is 126 Å². The number of thiophene rings is 1. The number of halogens is 2. The SMILES string of the molecule is CCCNCCc1nnc(-c2cc(Br)c(Br)s2)o1. The molecule has 0 amide bonds. The fraction of sp³-hybridized carbons (Fsp3) is 0.455. The lowest BCUT2D eigenvalue weighted by Gasteiger charge is -1.98. The van der Waals surface area contributed by atoms with Crippen molar-refractivity contribution in [2.24, 2.45) is 0 Å². The minimum absolute atomic E-state index is 0.580. The largest absolute Gasteiger partial charge is 0.420 e. The van der Waals surface area contributed by atoms with Gasteiger partial charge in [-0.3, -0.25) is 0 Å². The van der Waals surface area contributed by atoms with Crippen LogP contribution in [0, 0.1) is 0 Å². The molecular weight excluding hydrogens is 382 g/mol. The summed E-state index contributed by atoms with van der Waals surface area (Å²) >= 11 is 8.46. The van der Waals surface area contributed by atoms with Crippen LogP contribution in [0.15, 0.2) is 18.7 Å². The summed E-state index contributed by atoms with van der Waals surface area (Å²) in [6.07, 6.45) is 1.90. The minimum Gasteiger partial charge on any atom is -0.420 e. The highest BCUT2D eigenvalue weighted by atomic mass is 79.9. The van der Waals surface area contributed by atoms with Crippen LogP contribution in [-0.4, -0.2) is 23.3 Å². The van der Waals surface area contributed by atoms with E-state index in [-0.39, 0.29) is 0 Å². The summed E-state index contributed by atoms with van der Waals surface area (Å²) in [6, 6.07) is 1.97. The third-order valence-corrected chi connectivity index (χ3v) is 5.51. The molecule has 1 N–H and O–H groups in total. The van der Waals surface area contributed by atoms with Crippen LogP contribution in [0.1, 0.15) is 19.2 Å². The van der Waals surface area contributed by atoms with Gasteiger partial charge in [0.25, 0.3) is 5.89 Å². The molecule has 0 spiro atoms. The molecular formula is C11H13Br2N3OS. The highest BCUT2D eigenvalue weighted by Crippen LogP contribution is 2.37. The fourth-order valence-electron chi connectivity index (χ4n) is 1.40. The fourth-order valence-corrected chi connectivity index (χ4v) is 3.36. The zero-order valence-electron chi connectivity index (χ0n) is 9.87. The van der Waals surface area contributed by atoms with Crippen LogP contribution in [0.2, 0.25) is 0 Å². The molecule has 0 saturated heterocycles. The molecule has 0 aliphatic rings. The van der Waals surface area contributed by atoms with Crippen LogP contribution in [0.4, 0.5) is 0 Å². The quantitative estimate of drug-likeness (QED) is 0.755. The van der Waals surface area contributed by atoms with Crippen LogP contribution in [0.3, 0.4) is 0 Å². The first-order valence-corrected chi connectivity index (χ1v) is 8.09. The number of nitrogens with zero attached hydrogens (tertiary/aromatic N) is 2. The van der Waals surface area contributed by atoms with E-state index in [0.29, 0.717) is 11.8 Å². The van der Waals surface area contributed by atoms with E-state index in [1.807, 2.05) is 6.07 Å². The lowest BCUT2D eigenvalue weighted by Crippen LogP contribution is -2.17. The summed E-state index contributed by atoms with van der Waals surface area (Å²) < 4.78 is 7.66. The van der Waals surface area contributed by atoms with Crippen LogP contribution in [0.5, 0.6) is 0 Å². The van der Waals surface area contributed by atoms with Crippen molar-refractivity contribution in [1.29, 1.82) is 0 Å². The summed E-state index contributed by atoms with van der Waals surface area (Å²) in [5, 5.41) is 11.4. The van der Waals surface area contributed by atoms with E-state index in [9.17, 15) is 0 Å². The summed E-state index contributed by atoms with van der Waals surface area (Å²) in [4.78, 5) is 0.967. The van der Waals surface area contributed by atoms with Crippen molar-refractivity contribution in [1.82, 2.24) is 15.5 Å². The van der Waals surface area contributed by atoms with Crippen molar-refractivity contribution >= 4 is 43.2 Å². The predicted octanol–water partition coefficient (Wildman–Crippen LogP) is 3.87. The zero-order valence-corrected chi connectivity index (χ0v) is 13.9. The highest BCUT2D eigenvalue weighted by molar-refractivity contribution is 9.13. The van der Waals surface area contributed by atoms with E-state index in [0.717, 1.165) is 39.1 Å². The lowest BCUT2D eigenvalue weighted by molar-refractivity contribution is 0.495. The number of nitrogens with one attached hydrogen (secondary N) is 1. The maximum atomic E-state index is 5.62. The molecule has 0 saturated carbocycles. The number of rotatable bonds is 6. The molecule has 0 radical (unpaired) electrons. The van der Waals surface area contributed by atoms with Gasteiger partial charge < -0.3 is 9.73 Å². The molecule has 7 heteroatoms. The van der Waals surface area contributed by atoms with Gasteiger partial charge in [0.2, 0.25) is 5.89 Å². The first-order valence-electron chi connectivity index (χ1n) is 5.69. The molecule has 2 aromatic rings. The molecule has 0 aliphatic carbocycles. The summed E-state index contributed by atoms with van der Waals surface area (Å²) in [6.45, 7) is 4.03. The van der Waals surface area contributed by atoms with Gasteiger partial charge in [0, 0.05) is 17.4 Å². The second kappa shape index (κ2) is 6.79. The average molecular weight is 395 g/mol. The van der Waals surface area contributed by atoms with Gasteiger partial charge in [-0.15, -0.1) is 21.5 Å². The molecule has 0 unspecified atom stereocenters. The van der Waals surface area contributed by atoms with Gasteiger partial charge >= 0.3 is 0 Å². The lowest BCUT2D eigenvalue weighted by atomic mass is 10.4. The second-order valence-electron chi connectivity index (χ2n) is 3.73. The molecule has 2 aromatic heterocycles. The maximum Gasteiger partial charge on any atom is 0.257 e. The Bertz CT molecular complexity index is 493. The normalized spacial score (nSPS) is 11.1. The maximum absolute atomic E-state index is 5.62. The number of aromatic nitrogens is 2. The Balaban J connectivity index is 1.97. The molecule has 0 atom stereocenters. The molecule has 18 heavy (non-hydrogen) atoms. The molecule has 0 bridgehead atoms. The van der Waals surface area contributed by atoms with E-state index in [2.05, 4.69) is 54.3 Å². The molecule has 0 aliphatic heterocycles. The van der Waals surface area contributed by atoms with Gasteiger partial charge in [-0.2, -0.15) is 0 Å². The summed E-state index contributed by atoms with van der Waals surface area (Å²) in [5.74, 6) is 1.26. The first kappa shape index (κ1) is 14.2. The van der Waals surface area contributed by atoms with Gasteiger partial charge in [-0.05, 0) is 50.9 Å². The van der Waals surface area contributed by atoms with Gasteiger partial charge in [-0.25, -0.2) is 0 Å². The Morgan fingerprint density at radius 2 is 2.17 bits per heavy atom. The molecule has 2 heterocycles. The van der Waals surface area contributed by atoms with E-state index >= 15 is 0 Å². The third kappa shape index (κ3) is 3.63. The smallest absolute Gasteiger partial charge is 0.257 e. The van der Waals surface area contributed by atoms with Crippen molar-refractivity contribution in [2.45, 2.75) is 19.8 Å². The van der Waals surface area contributed by atoms with Crippen molar-refractivity contribution in [3.05, 3.63) is 20.2 Å². The number of hydrogen-bond donors (Lipinski definition) is 1. The summed E-state index contributed by atoms with van der Waals surface area (Å²) in [5.41, 5.74) is 0. The van der Waals surface area contributed by atoms with Crippen molar-refractivity contribution in [3.63, 3.8) is 0 Å². The van der Waals surface area contributed by atoms with Gasteiger partial charge in [0.05, 0.1) is 8.66 Å². The van der Waals surface area contributed by atoms with E-state index in [1.54, 1.807) is 11.3 Å². The van der Waals surface area contributed by atoms with Crippen LogP contribution in [0.25, 0.3) is 10.8 Å². The van der Waals surface area contributed by atoms with Crippen molar-refractivity contribution < 1.29 is 4.42 Å². The first-order chi connectivity index (χ1) is 8.70. The van der Waals surface area contributed by atoms with Gasteiger partial charge in [0.15, 0.2) is 0 Å². The monoisotopic (exact) mass is 393 g/mol. The number of hydrogen-bond acceptors (Lipinski definition) is 5. The molecule has 0 aromatic carbocycles. The van der Waals surface area contributed by atoms with E-state index < -0.39 is 0 Å². The van der Waals surface area contributed by atoms with Crippen molar-refractivity contribution in [3.8, 4) is 10.8 Å². The standard InChI is InChI=1S/C11H13Br2N3OS/c1-2-4-14-5-3-9-15-16-11(17-9)8-6-7(12)10(13)18-8/h6,14H,2-5H2,1H3. The molecule has 0 fully saturated rings. The van der Waals surface area contributed by atoms with Crippen molar-refractivity contribution in [2.75, 3.05) is 13.1 Å². The summed E-state index contributed by atoms with van der Waals surface area (Å²) in [7, 11) is 0. The van der Waals surface area contributed by atoms with Crippen LogP contribution >= 0.6 is 43.2 Å². The van der Waals surface area contributed by atoms with Crippen LogP contribution in [-0.2, 0) is 6.42 Å². The Hall–Kier alpha value is -0.240. The minimum atomic E-state index is 0.580. The van der Waals surface area contributed by atoms with Gasteiger partial charge in [-0.1, -0.05) is 6.92 Å². The molecule has 4 nitrogen and oxygen atoms in total. The molecule has 2 rings (SSSR count). The topological polar surface area (TPSA) is 51.0 Å². The second-order valence-corrected chi connectivity index (χ2v) is 6.96. The Morgan fingerprint density at radius 3 is 2.83 bits per heavy atom. The predicted molar refractivity (Wildman–Crippen MR) is 79.9 cm³/mol. The van der Waals surface area contributed by atoms with E-state index in [1.165, 1.54) is 0 Å². The highest BCUT2D eigenvalue weighted by Gasteiger charge is 2.12. The third-order valence-electron chi connectivity index (χ3n) is 2.27. The van der Waals surface area contributed by atoms with Gasteiger partial charge in [0.1, 0.15) is 0 Å².